The van der Waals surface area contributed by atoms with E-state index in [-0.39, 0.29) is 0 Å². The maximum Gasteiger partial charge on any atom is 0.115 e. The second kappa shape index (κ2) is 2.64. The fraction of sp³-hybridized carbons (Fsp3) is 0.333. The third-order valence-electron chi connectivity index (χ3n) is 1.17. The van der Waals surface area contributed by atoms with Crippen LogP contribution in [0.15, 0.2) is 22.7 Å². The van der Waals surface area contributed by atoms with E-state index in [0.717, 1.165) is 0 Å². The summed E-state index contributed by atoms with van der Waals surface area (Å²) in [5, 5.41) is 18.0. The number of halogens is 1. The number of hydrogen-bond acceptors (Lipinski definition) is 2. The molecule has 1 rings (SSSR count). The van der Waals surface area contributed by atoms with E-state index in [0.29, 0.717) is 4.48 Å². The van der Waals surface area contributed by atoms with E-state index in [1.165, 1.54) is 6.08 Å². The van der Waals surface area contributed by atoms with Crippen LogP contribution in [0.1, 0.15) is 0 Å². The van der Waals surface area contributed by atoms with Crippen LogP contribution in [0.2, 0.25) is 0 Å². The zero-order chi connectivity index (χ0) is 6.85. The van der Waals surface area contributed by atoms with Gasteiger partial charge in [-0.05, 0) is 6.08 Å². The van der Waals surface area contributed by atoms with Crippen LogP contribution in [0.4, 0.5) is 0 Å². The highest BCUT2D eigenvalue weighted by Gasteiger charge is 2.17. The summed E-state index contributed by atoms with van der Waals surface area (Å²) in [4.78, 5) is 0. The van der Waals surface area contributed by atoms with E-state index in [9.17, 15) is 0 Å². The molecule has 0 bridgehead atoms. The second-order valence-corrected chi connectivity index (χ2v) is 2.79. The molecule has 9 heavy (non-hydrogen) atoms. The predicted molar refractivity (Wildman–Crippen MR) is 38.2 cm³/mol. The normalized spacial score (nSPS) is 34.3. The van der Waals surface area contributed by atoms with Gasteiger partial charge in [0.2, 0.25) is 0 Å². The van der Waals surface area contributed by atoms with Gasteiger partial charge in [-0.3, -0.25) is 0 Å². The van der Waals surface area contributed by atoms with E-state index in [1.54, 1.807) is 12.2 Å². The first-order valence-electron chi connectivity index (χ1n) is 2.62. The van der Waals surface area contributed by atoms with Crippen molar-refractivity contribution in [2.45, 2.75) is 12.2 Å². The Morgan fingerprint density at radius 3 is 2.56 bits per heavy atom. The number of aliphatic hydroxyl groups excluding tert-OH is 2. The molecule has 1 aliphatic rings. The highest BCUT2D eigenvalue weighted by molar-refractivity contribution is 9.11. The molecule has 1 unspecified atom stereocenters. The number of hydrogen-bond donors (Lipinski definition) is 2. The van der Waals surface area contributed by atoms with Crippen LogP contribution in [0.5, 0.6) is 0 Å². The first kappa shape index (κ1) is 6.99. The molecule has 0 aromatic rings. The summed E-state index contributed by atoms with van der Waals surface area (Å²) < 4.78 is 0.623. The molecule has 0 aromatic heterocycles. The van der Waals surface area contributed by atoms with E-state index < -0.39 is 12.2 Å². The molecular weight excluding hydrogens is 184 g/mol. The average Bonchev–Trinajstić information content (AvgIpc) is 1.83. The molecule has 0 spiro atoms. The van der Waals surface area contributed by atoms with Crippen molar-refractivity contribution in [2.24, 2.45) is 0 Å². The zero-order valence-corrected chi connectivity index (χ0v) is 6.25. The van der Waals surface area contributed by atoms with Gasteiger partial charge in [-0.2, -0.15) is 0 Å². The Morgan fingerprint density at radius 1 is 1.44 bits per heavy atom. The van der Waals surface area contributed by atoms with Crippen molar-refractivity contribution in [3.8, 4) is 0 Å². The molecule has 2 N–H and O–H groups in total. The standard InChI is InChI=1S/C6H7BrO2/c7-4-2-1-3-5(8)6(4)9/h1-3,5-6,8-9H/t5-,6?/m0/s1. The highest BCUT2D eigenvalue weighted by atomic mass is 79.9. The average molecular weight is 191 g/mol. The van der Waals surface area contributed by atoms with Crippen LogP contribution in [0.25, 0.3) is 0 Å². The molecular formula is C6H7BrO2. The maximum absolute atomic E-state index is 9.03. The minimum Gasteiger partial charge on any atom is -0.386 e. The number of rotatable bonds is 0. The predicted octanol–water partition coefficient (Wildman–Crippen LogP) is 0.557. The summed E-state index contributed by atoms with van der Waals surface area (Å²) in [7, 11) is 0. The monoisotopic (exact) mass is 190 g/mol. The quantitative estimate of drug-likeness (QED) is 0.587. The van der Waals surface area contributed by atoms with Gasteiger partial charge in [0, 0.05) is 4.48 Å². The number of aliphatic hydroxyl groups is 2. The van der Waals surface area contributed by atoms with Crippen molar-refractivity contribution >= 4 is 15.9 Å². The summed E-state index contributed by atoms with van der Waals surface area (Å²) in [6.07, 6.45) is 3.40. The first-order valence-corrected chi connectivity index (χ1v) is 3.41. The molecule has 0 aliphatic heterocycles. The van der Waals surface area contributed by atoms with Crippen molar-refractivity contribution in [1.29, 1.82) is 0 Å². The molecule has 1 aliphatic carbocycles. The largest absolute Gasteiger partial charge is 0.386 e. The smallest absolute Gasteiger partial charge is 0.115 e. The molecule has 0 amide bonds. The summed E-state index contributed by atoms with van der Waals surface area (Å²) in [6, 6.07) is 0. The van der Waals surface area contributed by atoms with Gasteiger partial charge in [-0.1, -0.05) is 28.1 Å². The second-order valence-electron chi connectivity index (χ2n) is 1.87. The van der Waals surface area contributed by atoms with Crippen LogP contribution >= 0.6 is 15.9 Å². The third kappa shape index (κ3) is 1.41. The van der Waals surface area contributed by atoms with E-state index in [4.69, 9.17) is 10.2 Å². The Morgan fingerprint density at radius 2 is 2.11 bits per heavy atom. The van der Waals surface area contributed by atoms with Crippen LogP contribution in [-0.4, -0.2) is 22.4 Å². The Hall–Kier alpha value is -0.120. The van der Waals surface area contributed by atoms with Gasteiger partial charge in [-0.25, -0.2) is 0 Å². The van der Waals surface area contributed by atoms with E-state index in [1.807, 2.05) is 0 Å². The van der Waals surface area contributed by atoms with Gasteiger partial charge in [0.15, 0.2) is 0 Å². The van der Waals surface area contributed by atoms with Gasteiger partial charge in [0.25, 0.3) is 0 Å². The maximum atomic E-state index is 9.03. The van der Waals surface area contributed by atoms with Gasteiger partial charge < -0.3 is 10.2 Å². The minimum atomic E-state index is -0.782. The first-order chi connectivity index (χ1) is 4.22. The lowest BCUT2D eigenvalue weighted by Gasteiger charge is -2.16. The highest BCUT2D eigenvalue weighted by Crippen LogP contribution is 2.18. The van der Waals surface area contributed by atoms with Crippen molar-refractivity contribution in [3.05, 3.63) is 22.7 Å². The molecule has 0 saturated carbocycles. The lowest BCUT2D eigenvalue weighted by molar-refractivity contribution is 0.0774. The van der Waals surface area contributed by atoms with Crippen LogP contribution < -0.4 is 0 Å². The van der Waals surface area contributed by atoms with Crippen molar-refractivity contribution in [2.75, 3.05) is 0 Å². The molecule has 2 atom stereocenters. The molecule has 0 heterocycles. The Labute approximate surface area is 61.6 Å². The molecule has 0 radical (unpaired) electrons. The van der Waals surface area contributed by atoms with Crippen molar-refractivity contribution in [3.63, 3.8) is 0 Å². The Bertz CT molecular complexity index is 162. The van der Waals surface area contributed by atoms with Crippen LogP contribution in [-0.2, 0) is 0 Å². The Balaban J connectivity index is 2.73. The molecule has 0 fully saturated rings. The third-order valence-corrected chi connectivity index (χ3v) is 1.90. The lowest BCUT2D eigenvalue weighted by Crippen LogP contribution is -2.25. The number of allylic oxidation sites excluding steroid dienone is 2. The fourth-order valence-electron chi connectivity index (χ4n) is 0.628. The van der Waals surface area contributed by atoms with Gasteiger partial charge in [0.1, 0.15) is 12.2 Å². The van der Waals surface area contributed by atoms with Crippen LogP contribution in [0, 0.1) is 0 Å². The Kier molecular flexibility index (Phi) is 2.05. The summed E-state index contributed by atoms with van der Waals surface area (Å²) in [5.74, 6) is 0. The van der Waals surface area contributed by atoms with Gasteiger partial charge in [-0.15, -0.1) is 0 Å². The lowest BCUT2D eigenvalue weighted by atomic mass is 10.1. The fourth-order valence-corrected chi connectivity index (χ4v) is 1.05. The van der Waals surface area contributed by atoms with E-state index in [2.05, 4.69) is 15.9 Å². The molecule has 3 heteroatoms. The summed E-state index contributed by atoms with van der Waals surface area (Å²) >= 11 is 3.09. The zero-order valence-electron chi connectivity index (χ0n) is 4.66. The van der Waals surface area contributed by atoms with Gasteiger partial charge in [0.05, 0.1) is 0 Å². The minimum absolute atomic E-state index is 0.623. The SMILES string of the molecule is OC1C(Br)=CC=C[C@@H]1O. The van der Waals surface area contributed by atoms with Crippen LogP contribution in [0.3, 0.4) is 0 Å². The summed E-state index contributed by atoms with van der Waals surface area (Å²) in [5.41, 5.74) is 0. The van der Waals surface area contributed by atoms with Gasteiger partial charge >= 0.3 is 0 Å². The molecule has 0 saturated heterocycles. The molecule has 2 nitrogen and oxygen atoms in total. The molecule has 50 valence electrons. The van der Waals surface area contributed by atoms with Crippen molar-refractivity contribution in [1.82, 2.24) is 0 Å². The van der Waals surface area contributed by atoms with Crippen molar-refractivity contribution < 1.29 is 10.2 Å². The topological polar surface area (TPSA) is 40.5 Å². The van der Waals surface area contributed by atoms with E-state index >= 15 is 0 Å². The summed E-state index contributed by atoms with van der Waals surface area (Å²) in [6.45, 7) is 0. The molecule has 0 aromatic carbocycles.